The van der Waals surface area contributed by atoms with E-state index >= 15 is 0 Å². The monoisotopic (exact) mass is 191 g/mol. The van der Waals surface area contributed by atoms with Crippen LogP contribution < -0.4 is 5.32 Å². The van der Waals surface area contributed by atoms with Gasteiger partial charge in [-0.05, 0) is 13.2 Å². The van der Waals surface area contributed by atoms with Crippen molar-refractivity contribution in [1.29, 1.82) is 0 Å². The van der Waals surface area contributed by atoms with Gasteiger partial charge in [0.15, 0.2) is 0 Å². The van der Waals surface area contributed by atoms with E-state index in [2.05, 4.69) is 19.2 Å². The van der Waals surface area contributed by atoms with Crippen LogP contribution in [0.15, 0.2) is 0 Å². The number of carbonyl (C=O) groups is 1. The lowest BCUT2D eigenvalue weighted by Gasteiger charge is -1.96. The third kappa shape index (κ3) is 16.4. The van der Waals surface area contributed by atoms with Gasteiger partial charge in [-0.15, -0.1) is 0 Å². The number of carbonyl (C=O) groups excluding carboxylic acids is 1. The summed E-state index contributed by atoms with van der Waals surface area (Å²) in [7, 11) is 0. The zero-order chi connectivity index (χ0) is 9.82. The topological polar surface area (TPSA) is 29.1 Å². The summed E-state index contributed by atoms with van der Waals surface area (Å²) in [5, 5.41) is 2.69. The van der Waals surface area contributed by atoms with Gasteiger partial charge in [-0.25, -0.2) is 0 Å². The molecule has 0 radical (unpaired) electrons. The van der Waals surface area contributed by atoms with E-state index < -0.39 is 0 Å². The van der Waals surface area contributed by atoms with E-state index in [9.17, 15) is 4.79 Å². The maximum Gasteiger partial charge on any atom is 0.229 e. The summed E-state index contributed by atoms with van der Waals surface area (Å²) in [4.78, 5) is 10.5. The van der Waals surface area contributed by atoms with Crippen molar-refractivity contribution in [2.75, 3.05) is 18.6 Å². The second-order valence-corrected chi connectivity index (χ2v) is 3.25. The molecule has 0 aliphatic rings. The predicted molar refractivity (Wildman–Crippen MR) is 57.6 cm³/mol. The van der Waals surface area contributed by atoms with E-state index in [0.717, 1.165) is 6.54 Å². The molecule has 0 fully saturated rings. The molecular formula is C9H21NOS. The highest BCUT2D eigenvalue weighted by atomic mass is 32.2. The van der Waals surface area contributed by atoms with E-state index in [4.69, 9.17) is 0 Å². The number of thioether (sulfide) groups is 1. The van der Waals surface area contributed by atoms with Crippen LogP contribution in [-0.2, 0) is 4.79 Å². The van der Waals surface area contributed by atoms with E-state index in [0.29, 0.717) is 5.75 Å². The van der Waals surface area contributed by atoms with Gasteiger partial charge in [0, 0.05) is 6.54 Å². The summed E-state index contributed by atoms with van der Waals surface area (Å²) >= 11 is 1.54. The fourth-order valence-electron chi connectivity index (χ4n) is 0.379. The number of hydrogen-bond donors (Lipinski definition) is 1. The van der Waals surface area contributed by atoms with Gasteiger partial charge < -0.3 is 5.32 Å². The average Bonchev–Trinajstić information content (AvgIpc) is 2.06. The molecule has 2 nitrogen and oxygen atoms in total. The molecule has 0 aromatic rings. The molecule has 0 saturated carbocycles. The third-order valence-electron chi connectivity index (χ3n) is 1.15. The molecule has 0 spiro atoms. The minimum absolute atomic E-state index is 0.125. The minimum Gasteiger partial charge on any atom is -0.356 e. The Bertz CT molecular complexity index is 86.5. The van der Waals surface area contributed by atoms with Crippen molar-refractivity contribution in [2.45, 2.75) is 33.6 Å². The van der Waals surface area contributed by atoms with Crippen LogP contribution in [0.25, 0.3) is 0 Å². The SMILES string of the molecule is CCCC.CCNC(=O)CSC. The zero-order valence-electron chi connectivity index (χ0n) is 8.64. The second kappa shape index (κ2) is 13.4. The Kier molecular flexibility index (Phi) is 16.0. The number of amides is 1. The quantitative estimate of drug-likeness (QED) is 0.738. The summed E-state index contributed by atoms with van der Waals surface area (Å²) < 4.78 is 0. The van der Waals surface area contributed by atoms with Gasteiger partial charge in [0.2, 0.25) is 5.91 Å². The standard InChI is InChI=1S/C5H11NOS.C4H10/c1-3-6-5(7)4-8-2;1-3-4-2/h3-4H2,1-2H3,(H,6,7);3-4H2,1-2H3. The smallest absolute Gasteiger partial charge is 0.229 e. The number of hydrogen-bond acceptors (Lipinski definition) is 2. The minimum atomic E-state index is 0.125. The Morgan fingerprint density at radius 2 is 1.75 bits per heavy atom. The van der Waals surface area contributed by atoms with Gasteiger partial charge in [-0.1, -0.05) is 26.7 Å². The van der Waals surface area contributed by atoms with Crippen molar-refractivity contribution in [3.63, 3.8) is 0 Å². The Morgan fingerprint density at radius 1 is 1.25 bits per heavy atom. The summed E-state index contributed by atoms with van der Waals surface area (Å²) in [5.74, 6) is 0.702. The molecule has 0 aromatic carbocycles. The highest BCUT2D eigenvalue weighted by Crippen LogP contribution is 1.87. The predicted octanol–water partition coefficient (Wildman–Crippen LogP) is 2.29. The first-order chi connectivity index (χ1) is 5.72. The van der Waals surface area contributed by atoms with Crippen molar-refractivity contribution in [3.8, 4) is 0 Å². The Labute approximate surface area is 80.5 Å². The molecule has 0 rings (SSSR count). The summed E-state index contributed by atoms with van der Waals surface area (Å²) in [6, 6.07) is 0. The maximum atomic E-state index is 10.5. The molecule has 0 atom stereocenters. The van der Waals surface area contributed by atoms with Crippen molar-refractivity contribution in [1.82, 2.24) is 5.32 Å². The van der Waals surface area contributed by atoms with Crippen LogP contribution in [0.3, 0.4) is 0 Å². The van der Waals surface area contributed by atoms with Gasteiger partial charge in [-0.2, -0.15) is 11.8 Å². The fraction of sp³-hybridized carbons (Fsp3) is 0.889. The molecule has 0 aliphatic carbocycles. The molecule has 74 valence electrons. The summed E-state index contributed by atoms with van der Waals surface area (Å²) in [6.45, 7) is 7.01. The normalized spacial score (nSPS) is 8.33. The van der Waals surface area contributed by atoms with Gasteiger partial charge >= 0.3 is 0 Å². The van der Waals surface area contributed by atoms with E-state index in [1.807, 2.05) is 13.2 Å². The third-order valence-corrected chi connectivity index (χ3v) is 1.70. The first-order valence-corrected chi connectivity index (χ1v) is 5.87. The van der Waals surface area contributed by atoms with Crippen molar-refractivity contribution in [2.24, 2.45) is 0 Å². The molecule has 1 N–H and O–H groups in total. The molecule has 3 heteroatoms. The first-order valence-electron chi connectivity index (χ1n) is 4.48. The number of nitrogens with one attached hydrogen (secondary N) is 1. The highest BCUT2D eigenvalue weighted by Gasteiger charge is 1.93. The van der Waals surface area contributed by atoms with Crippen molar-refractivity contribution < 1.29 is 4.79 Å². The lowest BCUT2D eigenvalue weighted by molar-refractivity contribution is -0.118. The van der Waals surface area contributed by atoms with Crippen LogP contribution in [0, 0.1) is 0 Å². The Balaban J connectivity index is 0. The van der Waals surface area contributed by atoms with Crippen LogP contribution >= 0.6 is 11.8 Å². The van der Waals surface area contributed by atoms with Gasteiger partial charge in [0.25, 0.3) is 0 Å². The van der Waals surface area contributed by atoms with E-state index in [1.165, 1.54) is 24.6 Å². The highest BCUT2D eigenvalue weighted by molar-refractivity contribution is 7.99. The lowest BCUT2D eigenvalue weighted by atomic mass is 10.4. The number of unbranched alkanes of at least 4 members (excludes halogenated alkanes) is 1. The molecule has 1 amide bonds. The van der Waals surface area contributed by atoms with Crippen molar-refractivity contribution >= 4 is 17.7 Å². The zero-order valence-corrected chi connectivity index (χ0v) is 9.46. The Morgan fingerprint density at radius 3 is 2.00 bits per heavy atom. The van der Waals surface area contributed by atoms with E-state index in [-0.39, 0.29) is 5.91 Å². The molecule has 0 aromatic heterocycles. The summed E-state index contributed by atoms with van der Waals surface area (Å²) in [6.07, 6.45) is 4.55. The number of rotatable bonds is 4. The Hall–Kier alpha value is -0.180. The van der Waals surface area contributed by atoms with Crippen LogP contribution in [-0.4, -0.2) is 24.5 Å². The first kappa shape index (κ1) is 14.3. The largest absolute Gasteiger partial charge is 0.356 e. The molecule has 0 bridgehead atoms. The van der Waals surface area contributed by atoms with Gasteiger partial charge in [-0.3, -0.25) is 4.79 Å². The van der Waals surface area contributed by atoms with Gasteiger partial charge in [0.05, 0.1) is 5.75 Å². The van der Waals surface area contributed by atoms with E-state index in [1.54, 1.807) is 0 Å². The van der Waals surface area contributed by atoms with Crippen LogP contribution in [0.4, 0.5) is 0 Å². The van der Waals surface area contributed by atoms with Crippen LogP contribution in [0.2, 0.25) is 0 Å². The van der Waals surface area contributed by atoms with Crippen molar-refractivity contribution in [3.05, 3.63) is 0 Å². The molecule has 0 heterocycles. The van der Waals surface area contributed by atoms with Crippen LogP contribution in [0.1, 0.15) is 33.6 Å². The molecular weight excluding hydrogens is 170 g/mol. The van der Waals surface area contributed by atoms with Gasteiger partial charge in [0.1, 0.15) is 0 Å². The fourth-order valence-corrected chi connectivity index (χ4v) is 0.744. The average molecular weight is 191 g/mol. The second-order valence-electron chi connectivity index (χ2n) is 2.39. The summed E-state index contributed by atoms with van der Waals surface area (Å²) in [5.41, 5.74) is 0. The molecule has 0 aliphatic heterocycles. The molecule has 12 heavy (non-hydrogen) atoms. The maximum absolute atomic E-state index is 10.5. The molecule has 0 unspecified atom stereocenters. The molecule has 0 saturated heterocycles. The van der Waals surface area contributed by atoms with Crippen LogP contribution in [0.5, 0.6) is 0 Å². The lowest BCUT2D eigenvalue weighted by Crippen LogP contribution is -2.24.